The number of hydrogen-bond acceptors (Lipinski definition) is 5. The van der Waals surface area contributed by atoms with Crippen LogP contribution in [0, 0.1) is 5.92 Å². The van der Waals surface area contributed by atoms with Gasteiger partial charge in [-0.15, -0.1) is 0 Å². The molecule has 6 heteroatoms. The molecule has 2 bridgehead atoms. The highest BCUT2D eigenvalue weighted by molar-refractivity contribution is 5.94. The average molecular weight is 305 g/mol. The van der Waals surface area contributed by atoms with E-state index in [1.807, 2.05) is 0 Å². The molecule has 3 atom stereocenters. The lowest BCUT2D eigenvalue weighted by atomic mass is 10.0. The van der Waals surface area contributed by atoms with Crippen molar-refractivity contribution in [2.24, 2.45) is 5.92 Å². The molecule has 2 rings (SSSR count). The van der Waals surface area contributed by atoms with E-state index in [4.69, 9.17) is 0 Å². The van der Waals surface area contributed by atoms with Crippen molar-refractivity contribution in [2.45, 2.75) is 25.6 Å². The number of phenols is 2. The maximum absolute atomic E-state index is 12.1. The third-order valence-electron chi connectivity index (χ3n) is 3.58. The van der Waals surface area contributed by atoms with Crippen LogP contribution in [0.5, 0.6) is 11.5 Å². The molecule has 0 unspecified atom stereocenters. The normalized spacial score (nSPS) is 28.7. The van der Waals surface area contributed by atoms with E-state index in [1.165, 1.54) is 18.2 Å². The number of fused-ring (bicyclic) bond motifs is 2. The predicted octanol–water partition coefficient (Wildman–Crippen LogP) is 1.58. The fourth-order valence-corrected chi connectivity index (χ4v) is 2.15. The Labute approximate surface area is 128 Å². The molecule has 1 heterocycles. The first-order valence-electron chi connectivity index (χ1n) is 6.96. The molecule has 1 aromatic carbocycles. The molecular formula is C16H19NO5. The van der Waals surface area contributed by atoms with Crippen molar-refractivity contribution < 1.29 is 25.2 Å². The highest BCUT2D eigenvalue weighted by Gasteiger charge is 2.23. The van der Waals surface area contributed by atoms with E-state index in [-0.39, 0.29) is 29.2 Å². The molecule has 1 aromatic rings. The van der Waals surface area contributed by atoms with E-state index in [0.29, 0.717) is 0 Å². The van der Waals surface area contributed by atoms with Crippen LogP contribution in [0.2, 0.25) is 0 Å². The van der Waals surface area contributed by atoms with Gasteiger partial charge in [0.2, 0.25) is 5.91 Å². The molecule has 0 radical (unpaired) electrons. The second-order valence-electron chi connectivity index (χ2n) is 5.26. The minimum absolute atomic E-state index is 0.00898. The topological polar surface area (TPSA) is 110 Å². The molecule has 0 aliphatic carbocycles. The summed E-state index contributed by atoms with van der Waals surface area (Å²) in [4.78, 5) is 12.1. The smallest absolute Gasteiger partial charge is 0.230 e. The van der Waals surface area contributed by atoms with Crippen LogP contribution in [0.4, 0.5) is 5.69 Å². The molecule has 0 fully saturated rings. The van der Waals surface area contributed by atoms with Crippen LogP contribution < -0.4 is 5.32 Å². The van der Waals surface area contributed by atoms with E-state index in [0.717, 1.165) is 0 Å². The van der Waals surface area contributed by atoms with Gasteiger partial charge in [-0.05, 0) is 12.5 Å². The number of anilines is 1. The number of aromatic hydroxyl groups is 2. The zero-order valence-corrected chi connectivity index (χ0v) is 12.1. The SMILES string of the molecule is C[C@H]1C(=O)Nc2cc(O)cc(c2O)[C@H](O)C/C=C/C=C/[C@H]1O. The number of aliphatic hydroxyl groups excluding tert-OH is 2. The largest absolute Gasteiger partial charge is 0.508 e. The third kappa shape index (κ3) is 3.47. The van der Waals surface area contributed by atoms with Gasteiger partial charge >= 0.3 is 0 Å². The predicted molar refractivity (Wildman–Crippen MR) is 81.4 cm³/mol. The maximum atomic E-state index is 12.1. The van der Waals surface area contributed by atoms with Gasteiger partial charge in [0.1, 0.15) is 11.5 Å². The van der Waals surface area contributed by atoms with Crippen LogP contribution in [-0.2, 0) is 4.79 Å². The first-order chi connectivity index (χ1) is 10.4. The summed E-state index contributed by atoms with van der Waals surface area (Å²) in [6, 6.07) is 2.44. The lowest BCUT2D eigenvalue weighted by molar-refractivity contribution is -0.121. The van der Waals surface area contributed by atoms with Gasteiger partial charge in [0.25, 0.3) is 0 Å². The fourth-order valence-electron chi connectivity index (χ4n) is 2.15. The zero-order valence-electron chi connectivity index (χ0n) is 12.1. The summed E-state index contributed by atoms with van der Waals surface area (Å²) < 4.78 is 0. The number of phenolic OH excluding ortho intramolecular Hbond substituents is 2. The Hall–Kier alpha value is -2.31. The fraction of sp³-hybridized carbons (Fsp3) is 0.312. The van der Waals surface area contributed by atoms with Crippen LogP contribution in [-0.4, -0.2) is 32.4 Å². The van der Waals surface area contributed by atoms with Crippen molar-refractivity contribution in [3.8, 4) is 11.5 Å². The Bertz CT molecular complexity index is 623. The molecule has 5 N–H and O–H groups in total. The summed E-state index contributed by atoms with van der Waals surface area (Å²) in [5, 5.41) is 42.4. The monoisotopic (exact) mass is 305 g/mol. The Morgan fingerprint density at radius 3 is 2.64 bits per heavy atom. The standard InChI is InChI=1S/C16H19NO5/c1-9-13(19)5-3-2-4-6-14(20)11-7-10(18)8-12(15(11)21)17-16(9)22/h2-5,7-9,13-14,18-21H,6H2,1H3,(H,17,22)/b4-2+,5-3+/t9-,13-,14-/m1/s1. The number of carbonyl (C=O) groups excluding carboxylic acids is 1. The molecule has 0 spiro atoms. The first kappa shape index (κ1) is 16.1. The molecule has 0 aromatic heterocycles. The molecule has 1 aliphatic rings. The quantitative estimate of drug-likeness (QED) is 0.369. The van der Waals surface area contributed by atoms with Gasteiger partial charge in [-0.3, -0.25) is 4.79 Å². The number of hydrogen-bond donors (Lipinski definition) is 5. The molecule has 0 saturated carbocycles. The number of amides is 1. The summed E-state index contributed by atoms with van der Waals surface area (Å²) in [6.45, 7) is 1.54. The van der Waals surface area contributed by atoms with E-state index in [1.54, 1.807) is 25.2 Å². The van der Waals surface area contributed by atoms with Gasteiger partial charge < -0.3 is 25.7 Å². The van der Waals surface area contributed by atoms with E-state index < -0.39 is 24.0 Å². The van der Waals surface area contributed by atoms with E-state index in [2.05, 4.69) is 5.32 Å². The van der Waals surface area contributed by atoms with Gasteiger partial charge in [-0.25, -0.2) is 0 Å². The number of aliphatic hydroxyl groups is 2. The highest BCUT2D eigenvalue weighted by atomic mass is 16.3. The molecule has 1 aliphatic heterocycles. The second-order valence-corrected chi connectivity index (χ2v) is 5.26. The van der Waals surface area contributed by atoms with Crippen molar-refractivity contribution in [3.05, 3.63) is 42.0 Å². The number of rotatable bonds is 0. The zero-order chi connectivity index (χ0) is 16.3. The number of benzene rings is 1. The van der Waals surface area contributed by atoms with E-state index >= 15 is 0 Å². The summed E-state index contributed by atoms with van der Waals surface area (Å²) in [6.07, 6.45) is 4.54. The molecule has 6 nitrogen and oxygen atoms in total. The second kappa shape index (κ2) is 6.64. The number of carbonyl (C=O) groups is 1. The molecule has 118 valence electrons. The van der Waals surface area contributed by atoms with Crippen molar-refractivity contribution in [1.82, 2.24) is 0 Å². The van der Waals surface area contributed by atoms with Gasteiger partial charge in [0.15, 0.2) is 0 Å². The lowest BCUT2D eigenvalue weighted by Gasteiger charge is -2.18. The van der Waals surface area contributed by atoms with Crippen molar-refractivity contribution in [3.63, 3.8) is 0 Å². The van der Waals surface area contributed by atoms with Crippen LogP contribution >= 0.6 is 0 Å². The van der Waals surface area contributed by atoms with Gasteiger partial charge in [0, 0.05) is 11.6 Å². The van der Waals surface area contributed by atoms with E-state index in [9.17, 15) is 25.2 Å². The molecular weight excluding hydrogens is 286 g/mol. The maximum Gasteiger partial charge on any atom is 0.230 e. The Morgan fingerprint density at radius 2 is 1.91 bits per heavy atom. The average Bonchev–Trinajstić information content (AvgIpc) is 2.48. The molecule has 1 amide bonds. The molecule has 22 heavy (non-hydrogen) atoms. The minimum atomic E-state index is -1.03. The summed E-state index contributed by atoms with van der Waals surface area (Å²) in [7, 11) is 0. The first-order valence-corrected chi connectivity index (χ1v) is 6.96. The lowest BCUT2D eigenvalue weighted by Crippen LogP contribution is -2.29. The van der Waals surface area contributed by atoms with Crippen molar-refractivity contribution >= 4 is 11.6 Å². The summed E-state index contributed by atoms with van der Waals surface area (Å²) in [5.41, 5.74) is 0.113. The van der Waals surface area contributed by atoms with Crippen LogP contribution in [0.3, 0.4) is 0 Å². The van der Waals surface area contributed by atoms with Crippen molar-refractivity contribution in [2.75, 3.05) is 5.32 Å². The minimum Gasteiger partial charge on any atom is -0.508 e. The molecule has 0 saturated heterocycles. The Kier molecular flexibility index (Phi) is 4.85. The Balaban J connectivity index is 2.47. The van der Waals surface area contributed by atoms with Crippen LogP contribution in [0.25, 0.3) is 0 Å². The summed E-state index contributed by atoms with van der Waals surface area (Å²) in [5.74, 6) is -1.75. The number of nitrogens with one attached hydrogen (secondary N) is 1. The van der Waals surface area contributed by atoms with Crippen LogP contribution in [0.1, 0.15) is 25.0 Å². The van der Waals surface area contributed by atoms with Gasteiger partial charge in [0.05, 0.1) is 23.8 Å². The van der Waals surface area contributed by atoms with Gasteiger partial charge in [-0.2, -0.15) is 0 Å². The van der Waals surface area contributed by atoms with Gasteiger partial charge in [-0.1, -0.05) is 31.2 Å². The highest BCUT2D eigenvalue weighted by Crippen LogP contribution is 2.37. The number of allylic oxidation sites excluding steroid dienone is 2. The van der Waals surface area contributed by atoms with Crippen molar-refractivity contribution in [1.29, 1.82) is 0 Å². The third-order valence-corrected chi connectivity index (χ3v) is 3.58. The Morgan fingerprint density at radius 1 is 1.18 bits per heavy atom. The summed E-state index contributed by atoms with van der Waals surface area (Å²) >= 11 is 0. The van der Waals surface area contributed by atoms with Crippen LogP contribution in [0.15, 0.2) is 36.4 Å².